The minimum atomic E-state index is -0.324. The molecule has 0 aromatic carbocycles. The predicted octanol–water partition coefficient (Wildman–Crippen LogP) is 2.05. The lowest BCUT2D eigenvalue weighted by molar-refractivity contribution is 0.125. The van der Waals surface area contributed by atoms with Gasteiger partial charge in [-0.1, -0.05) is 0 Å². The number of pyridine rings is 1. The summed E-state index contributed by atoms with van der Waals surface area (Å²) in [6, 6.07) is 3.76. The van der Waals surface area contributed by atoms with Crippen molar-refractivity contribution < 1.29 is 9.84 Å². The molecule has 5 heteroatoms. The Kier molecular flexibility index (Phi) is 4.38. The maximum Gasteiger partial charge on any atom is 0.239 e. The number of hydrogen-bond donors (Lipinski definition) is 2. The van der Waals surface area contributed by atoms with E-state index in [0.717, 1.165) is 31.7 Å². The number of aromatic nitrogens is 1. The number of piperidine rings is 1. The highest BCUT2D eigenvalue weighted by molar-refractivity contribution is 5.55. The summed E-state index contributed by atoms with van der Waals surface area (Å²) in [4.78, 5) is 6.74. The molecule has 1 atom stereocenters. The smallest absolute Gasteiger partial charge is 0.239 e. The summed E-state index contributed by atoms with van der Waals surface area (Å²) in [5.74, 6) is 1.69. The lowest BCUT2D eigenvalue weighted by Gasteiger charge is -2.33. The minimum Gasteiger partial charge on any atom is -0.470 e. The van der Waals surface area contributed by atoms with Crippen LogP contribution in [0.3, 0.4) is 0 Å². The number of ether oxygens (including phenoxy) is 1. The van der Waals surface area contributed by atoms with Gasteiger partial charge in [0.25, 0.3) is 0 Å². The Balaban J connectivity index is 2.18. The molecule has 1 aliphatic heterocycles. The first-order chi connectivity index (χ1) is 9.39. The van der Waals surface area contributed by atoms with Crippen LogP contribution in [0.15, 0.2) is 12.1 Å². The van der Waals surface area contributed by atoms with Crippen molar-refractivity contribution in [3.8, 4) is 5.88 Å². The van der Waals surface area contributed by atoms with E-state index in [1.54, 1.807) is 0 Å². The Hall–Kier alpha value is -1.49. The molecule has 0 aliphatic carbocycles. The van der Waals surface area contributed by atoms with E-state index in [1.165, 1.54) is 0 Å². The van der Waals surface area contributed by atoms with E-state index in [-0.39, 0.29) is 12.2 Å². The predicted molar refractivity (Wildman–Crippen MR) is 81.1 cm³/mol. The van der Waals surface area contributed by atoms with Crippen LogP contribution in [0.25, 0.3) is 0 Å². The SMILES string of the molecule is CC(C)(C)Oc1nc(N2CCCC(CO)C2)ccc1N. The van der Waals surface area contributed by atoms with Gasteiger partial charge < -0.3 is 20.5 Å². The van der Waals surface area contributed by atoms with Gasteiger partial charge in [-0.05, 0) is 51.7 Å². The first-order valence-electron chi connectivity index (χ1n) is 7.20. The van der Waals surface area contributed by atoms with Crippen LogP contribution in [0.1, 0.15) is 33.6 Å². The molecule has 0 spiro atoms. The van der Waals surface area contributed by atoms with Crippen LogP contribution in [0.2, 0.25) is 0 Å². The third-order valence-corrected chi connectivity index (χ3v) is 3.38. The molecule has 3 N–H and O–H groups in total. The van der Waals surface area contributed by atoms with E-state index in [1.807, 2.05) is 32.9 Å². The summed E-state index contributed by atoms with van der Waals surface area (Å²) in [5.41, 5.74) is 6.16. The van der Waals surface area contributed by atoms with Gasteiger partial charge in [-0.2, -0.15) is 4.98 Å². The Morgan fingerprint density at radius 2 is 2.20 bits per heavy atom. The number of nitrogens with two attached hydrogens (primary N) is 1. The van der Waals surface area contributed by atoms with Gasteiger partial charge in [0, 0.05) is 19.7 Å². The molecule has 1 unspecified atom stereocenters. The highest BCUT2D eigenvalue weighted by Crippen LogP contribution is 2.28. The third kappa shape index (κ3) is 3.76. The number of hydrogen-bond acceptors (Lipinski definition) is 5. The Labute approximate surface area is 120 Å². The molecule has 20 heavy (non-hydrogen) atoms. The van der Waals surface area contributed by atoms with Crippen LogP contribution >= 0.6 is 0 Å². The summed E-state index contributed by atoms with van der Waals surface area (Å²) in [6.07, 6.45) is 2.15. The zero-order valence-corrected chi connectivity index (χ0v) is 12.6. The molecule has 112 valence electrons. The summed E-state index contributed by atoms with van der Waals surface area (Å²) >= 11 is 0. The van der Waals surface area contributed by atoms with Crippen LogP contribution in [0.4, 0.5) is 11.5 Å². The summed E-state index contributed by atoms with van der Waals surface area (Å²) in [6.45, 7) is 7.96. The largest absolute Gasteiger partial charge is 0.470 e. The highest BCUT2D eigenvalue weighted by Gasteiger charge is 2.22. The van der Waals surface area contributed by atoms with Gasteiger partial charge >= 0.3 is 0 Å². The number of rotatable bonds is 3. The molecule has 0 radical (unpaired) electrons. The zero-order valence-electron chi connectivity index (χ0n) is 12.6. The zero-order chi connectivity index (χ0) is 14.8. The lowest BCUT2D eigenvalue weighted by Crippen LogP contribution is -2.37. The minimum absolute atomic E-state index is 0.233. The van der Waals surface area contributed by atoms with Crippen molar-refractivity contribution in [2.75, 3.05) is 30.3 Å². The molecular formula is C15H25N3O2. The van der Waals surface area contributed by atoms with Crippen molar-refractivity contribution in [3.05, 3.63) is 12.1 Å². The summed E-state index contributed by atoms with van der Waals surface area (Å²) < 4.78 is 5.80. The third-order valence-electron chi connectivity index (χ3n) is 3.38. The van der Waals surface area contributed by atoms with Gasteiger partial charge in [-0.3, -0.25) is 0 Å². The highest BCUT2D eigenvalue weighted by atomic mass is 16.5. The fraction of sp³-hybridized carbons (Fsp3) is 0.667. The van der Waals surface area contributed by atoms with Crippen molar-refractivity contribution in [1.29, 1.82) is 0 Å². The molecule has 0 amide bonds. The monoisotopic (exact) mass is 279 g/mol. The molecule has 1 fully saturated rings. The molecule has 2 heterocycles. The van der Waals surface area contributed by atoms with E-state index in [9.17, 15) is 5.11 Å². The fourth-order valence-electron chi connectivity index (χ4n) is 2.41. The van der Waals surface area contributed by atoms with Gasteiger partial charge in [0.05, 0.1) is 5.69 Å². The second-order valence-electron chi connectivity index (χ2n) is 6.42. The molecule has 1 saturated heterocycles. The molecule has 1 aliphatic rings. The molecule has 0 bridgehead atoms. The summed E-state index contributed by atoms with van der Waals surface area (Å²) in [5, 5.41) is 9.32. The molecule has 2 rings (SSSR count). The van der Waals surface area contributed by atoms with Crippen molar-refractivity contribution in [2.24, 2.45) is 5.92 Å². The molecule has 5 nitrogen and oxygen atoms in total. The average Bonchev–Trinajstić information content (AvgIpc) is 2.40. The van der Waals surface area contributed by atoms with Crippen molar-refractivity contribution in [3.63, 3.8) is 0 Å². The van der Waals surface area contributed by atoms with Gasteiger partial charge in [0.2, 0.25) is 5.88 Å². The van der Waals surface area contributed by atoms with Crippen LogP contribution in [0.5, 0.6) is 5.88 Å². The number of nitrogen functional groups attached to an aromatic ring is 1. The average molecular weight is 279 g/mol. The Morgan fingerprint density at radius 3 is 2.85 bits per heavy atom. The van der Waals surface area contributed by atoms with Gasteiger partial charge in [-0.15, -0.1) is 0 Å². The topological polar surface area (TPSA) is 71.6 Å². The quantitative estimate of drug-likeness (QED) is 0.886. The number of anilines is 2. The molecule has 1 aromatic rings. The van der Waals surface area contributed by atoms with E-state index in [2.05, 4.69) is 9.88 Å². The van der Waals surface area contributed by atoms with Gasteiger partial charge in [0.15, 0.2) is 0 Å². The van der Waals surface area contributed by atoms with Crippen LogP contribution in [0, 0.1) is 5.92 Å². The van der Waals surface area contributed by atoms with E-state index in [0.29, 0.717) is 17.5 Å². The van der Waals surface area contributed by atoms with Gasteiger partial charge in [-0.25, -0.2) is 0 Å². The van der Waals surface area contributed by atoms with Crippen LogP contribution < -0.4 is 15.4 Å². The Bertz CT molecular complexity index is 457. The summed E-state index contributed by atoms with van der Waals surface area (Å²) in [7, 11) is 0. The van der Waals surface area contributed by atoms with Crippen molar-refractivity contribution >= 4 is 11.5 Å². The fourth-order valence-corrected chi connectivity index (χ4v) is 2.41. The number of aliphatic hydroxyl groups excluding tert-OH is 1. The second-order valence-corrected chi connectivity index (χ2v) is 6.42. The van der Waals surface area contributed by atoms with E-state index >= 15 is 0 Å². The molecule has 1 aromatic heterocycles. The van der Waals surface area contributed by atoms with Crippen molar-refractivity contribution in [1.82, 2.24) is 4.98 Å². The van der Waals surface area contributed by atoms with Crippen LogP contribution in [-0.4, -0.2) is 35.4 Å². The maximum absolute atomic E-state index is 9.32. The second kappa shape index (κ2) is 5.87. The van der Waals surface area contributed by atoms with Gasteiger partial charge in [0.1, 0.15) is 11.4 Å². The molecular weight excluding hydrogens is 254 g/mol. The molecule has 0 saturated carbocycles. The van der Waals surface area contributed by atoms with E-state index in [4.69, 9.17) is 10.5 Å². The van der Waals surface area contributed by atoms with Crippen molar-refractivity contribution in [2.45, 2.75) is 39.2 Å². The lowest BCUT2D eigenvalue weighted by atomic mass is 9.99. The first-order valence-corrected chi connectivity index (χ1v) is 7.20. The van der Waals surface area contributed by atoms with E-state index < -0.39 is 0 Å². The first kappa shape index (κ1) is 14.9. The standard InChI is InChI=1S/C15H25N3O2/c1-15(2,3)20-14-12(16)6-7-13(17-14)18-8-4-5-11(9-18)10-19/h6-7,11,19H,4-5,8-10,16H2,1-3H3. The number of nitrogens with zero attached hydrogens (tertiary/aromatic N) is 2. The normalized spacial score (nSPS) is 20.0. The Morgan fingerprint density at radius 1 is 1.45 bits per heavy atom. The van der Waals surface area contributed by atoms with Crippen LogP contribution in [-0.2, 0) is 0 Å². The number of aliphatic hydroxyl groups is 1. The maximum atomic E-state index is 9.32.